The Morgan fingerprint density at radius 3 is 2.67 bits per heavy atom. The number of amides is 1. The van der Waals surface area contributed by atoms with Gasteiger partial charge in [-0.25, -0.2) is 0 Å². The molecule has 0 saturated carbocycles. The molecule has 3 heterocycles. The molecule has 0 spiro atoms. The van der Waals surface area contributed by atoms with Crippen molar-refractivity contribution in [2.24, 2.45) is 0 Å². The molecule has 3 aromatic heterocycles. The van der Waals surface area contributed by atoms with Crippen molar-refractivity contribution in [2.75, 3.05) is 0 Å². The van der Waals surface area contributed by atoms with Crippen molar-refractivity contribution in [1.29, 1.82) is 0 Å². The zero-order chi connectivity index (χ0) is 14.8. The van der Waals surface area contributed by atoms with Crippen molar-refractivity contribution in [3.8, 4) is 0 Å². The molecule has 108 valence electrons. The van der Waals surface area contributed by atoms with Gasteiger partial charge in [0.15, 0.2) is 11.5 Å². The molecule has 0 atom stereocenters. The van der Waals surface area contributed by atoms with Crippen molar-refractivity contribution in [3.05, 3.63) is 53.7 Å². The molecule has 0 aliphatic rings. The van der Waals surface area contributed by atoms with Crippen LogP contribution in [0.1, 0.15) is 17.2 Å². The van der Waals surface area contributed by atoms with Gasteiger partial charge in [0.2, 0.25) is 5.91 Å². The van der Waals surface area contributed by atoms with E-state index in [9.17, 15) is 4.79 Å². The Kier molecular flexibility index (Phi) is 3.43. The maximum Gasteiger partial charge on any atom is 0.240 e. The zero-order valence-corrected chi connectivity index (χ0v) is 12.1. The summed E-state index contributed by atoms with van der Waals surface area (Å²) >= 11 is 0. The van der Waals surface area contributed by atoms with Gasteiger partial charge in [-0.05, 0) is 38.1 Å². The molecule has 0 aromatic carbocycles. The third-order valence-corrected chi connectivity index (χ3v) is 3.55. The van der Waals surface area contributed by atoms with E-state index in [4.69, 9.17) is 0 Å². The predicted molar refractivity (Wildman–Crippen MR) is 78.7 cm³/mol. The lowest BCUT2D eigenvalue weighted by molar-refractivity contribution is -0.121. The minimum Gasteiger partial charge on any atom is -0.347 e. The van der Waals surface area contributed by atoms with Crippen LogP contribution in [-0.4, -0.2) is 25.1 Å². The average Bonchev–Trinajstić information content (AvgIpc) is 3.03. The lowest BCUT2D eigenvalue weighted by Gasteiger charge is -2.09. The first-order chi connectivity index (χ1) is 10.1. The minimum atomic E-state index is -0.0370. The Hall–Kier alpha value is -2.63. The van der Waals surface area contributed by atoms with Crippen molar-refractivity contribution < 1.29 is 4.79 Å². The Balaban J connectivity index is 1.66. The van der Waals surface area contributed by atoms with Gasteiger partial charge in [0.1, 0.15) is 6.54 Å². The van der Waals surface area contributed by atoms with Crippen LogP contribution in [0.5, 0.6) is 0 Å². The molecule has 1 amide bonds. The van der Waals surface area contributed by atoms with Gasteiger partial charge in [0.05, 0.1) is 6.54 Å². The fraction of sp³-hybridized carbons (Fsp3) is 0.267. The highest BCUT2D eigenvalue weighted by Crippen LogP contribution is 2.07. The topological polar surface area (TPSA) is 64.2 Å². The number of nitrogens with zero attached hydrogens (tertiary/aromatic N) is 4. The predicted octanol–water partition coefficient (Wildman–Crippen LogP) is 1.46. The minimum absolute atomic E-state index is 0.0370. The molecule has 3 rings (SSSR count). The normalized spacial score (nSPS) is 11.0. The highest BCUT2D eigenvalue weighted by atomic mass is 16.1. The van der Waals surface area contributed by atoms with Gasteiger partial charge in [0, 0.05) is 17.6 Å². The summed E-state index contributed by atoms with van der Waals surface area (Å²) in [6, 6.07) is 9.71. The average molecular weight is 283 g/mol. The Bertz CT molecular complexity index is 767. The van der Waals surface area contributed by atoms with E-state index in [1.54, 1.807) is 0 Å². The first-order valence-corrected chi connectivity index (χ1v) is 6.83. The van der Waals surface area contributed by atoms with Gasteiger partial charge >= 0.3 is 0 Å². The lowest BCUT2D eigenvalue weighted by Crippen LogP contribution is -2.28. The SMILES string of the molecule is Cc1ccc(C)n1CC(=O)NCc1nnc2ccccn12. The number of carbonyl (C=O) groups is 1. The standard InChI is InChI=1S/C15H17N5O/c1-11-6-7-12(2)20(11)10-15(21)16-9-14-18-17-13-5-3-4-8-19(13)14/h3-8H,9-10H2,1-2H3,(H,16,21). The van der Waals surface area contributed by atoms with Crippen LogP contribution in [0.4, 0.5) is 0 Å². The van der Waals surface area contributed by atoms with Crippen molar-refractivity contribution in [2.45, 2.75) is 26.9 Å². The number of nitrogens with one attached hydrogen (secondary N) is 1. The van der Waals surface area contributed by atoms with Crippen molar-refractivity contribution in [3.63, 3.8) is 0 Å². The smallest absolute Gasteiger partial charge is 0.240 e. The van der Waals surface area contributed by atoms with Crippen LogP contribution in [0, 0.1) is 13.8 Å². The molecule has 6 nitrogen and oxygen atoms in total. The number of aryl methyl sites for hydroxylation is 2. The molecule has 3 aromatic rings. The Labute approximate surface area is 122 Å². The summed E-state index contributed by atoms with van der Waals surface area (Å²) in [7, 11) is 0. The second-order valence-electron chi connectivity index (χ2n) is 5.02. The third kappa shape index (κ3) is 2.65. The summed E-state index contributed by atoms with van der Waals surface area (Å²) in [4.78, 5) is 12.1. The number of hydrogen-bond acceptors (Lipinski definition) is 3. The van der Waals surface area contributed by atoms with Crippen LogP contribution in [0.15, 0.2) is 36.5 Å². The van der Waals surface area contributed by atoms with Gasteiger partial charge in [-0.1, -0.05) is 6.07 Å². The number of aromatic nitrogens is 4. The van der Waals surface area contributed by atoms with E-state index in [0.717, 1.165) is 22.9 Å². The fourth-order valence-corrected chi connectivity index (χ4v) is 2.34. The van der Waals surface area contributed by atoms with Crippen molar-refractivity contribution >= 4 is 11.6 Å². The number of rotatable bonds is 4. The van der Waals surface area contributed by atoms with E-state index in [1.807, 2.05) is 59.3 Å². The third-order valence-electron chi connectivity index (χ3n) is 3.55. The van der Waals surface area contributed by atoms with E-state index >= 15 is 0 Å². The summed E-state index contributed by atoms with van der Waals surface area (Å²) in [6.45, 7) is 4.67. The summed E-state index contributed by atoms with van der Waals surface area (Å²) in [5.74, 6) is 0.685. The molecule has 0 aliphatic carbocycles. The molecular weight excluding hydrogens is 266 g/mol. The molecule has 0 fully saturated rings. The number of fused-ring (bicyclic) bond motifs is 1. The highest BCUT2D eigenvalue weighted by Gasteiger charge is 2.09. The summed E-state index contributed by atoms with van der Waals surface area (Å²) in [5.41, 5.74) is 2.94. The number of pyridine rings is 1. The second-order valence-corrected chi connectivity index (χ2v) is 5.02. The van der Waals surface area contributed by atoms with Crippen LogP contribution in [0.2, 0.25) is 0 Å². The van der Waals surface area contributed by atoms with Crippen LogP contribution < -0.4 is 5.32 Å². The Morgan fingerprint density at radius 1 is 1.14 bits per heavy atom. The van der Waals surface area contributed by atoms with Gasteiger partial charge in [0.25, 0.3) is 0 Å². The lowest BCUT2D eigenvalue weighted by atomic mass is 10.4. The molecule has 1 N–H and O–H groups in total. The summed E-state index contributed by atoms with van der Waals surface area (Å²) < 4.78 is 3.85. The molecule has 6 heteroatoms. The largest absolute Gasteiger partial charge is 0.347 e. The van der Waals surface area contributed by atoms with Crippen LogP contribution in [0.3, 0.4) is 0 Å². The van der Waals surface area contributed by atoms with E-state index in [0.29, 0.717) is 13.1 Å². The number of hydrogen-bond donors (Lipinski definition) is 1. The first-order valence-electron chi connectivity index (χ1n) is 6.83. The van der Waals surface area contributed by atoms with Crippen molar-refractivity contribution in [1.82, 2.24) is 24.5 Å². The number of carbonyl (C=O) groups excluding carboxylic acids is 1. The maximum absolute atomic E-state index is 12.1. The molecular formula is C15H17N5O. The molecule has 21 heavy (non-hydrogen) atoms. The van der Waals surface area contributed by atoms with E-state index in [-0.39, 0.29) is 5.91 Å². The zero-order valence-electron chi connectivity index (χ0n) is 12.1. The van der Waals surface area contributed by atoms with Gasteiger partial charge in [-0.2, -0.15) is 0 Å². The van der Waals surface area contributed by atoms with Gasteiger partial charge in [-0.3, -0.25) is 9.20 Å². The summed E-state index contributed by atoms with van der Waals surface area (Å²) in [5, 5.41) is 11.0. The van der Waals surface area contributed by atoms with Crippen LogP contribution in [0.25, 0.3) is 5.65 Å². The molecule has 0 bridgehead atoms. The Morgan fingerprint density at radius 2 is 1.90 bits per heavy atom. The monoisotopic (exact) mass is 283 g/mol. The van der Waals surface area contributed by atoms with Crippen LogP contribution in [-0.2, 0) is 17.9 Å². The fourth-order valence-electron chi connectivity index (χ4n) is 2.34. The van der Waals surface area contributed by atoms with Crippen LogP contribution >= 0.6 is 0 Å². The first kappa shape index (κ1) is 13.4. The van der Waals surface area contributed by atoms with E-state index in [1.165, 1.54) is 0 Å². The quantitative estimate of drug-likeness (QED) is 0.788. The molecule has 0 aliphatic heterocycles. The van der Waals surface area contributed by atoms with E-state index in [2.05, 4.69) is 15.5 Å². The second kappa shape index (κ2) is 5.40. The highest BCUT2D eigenvalue weighted by molar-refractivity contribution is 5.75. The van der Waals surface area contributed by atoms with Gasteiger partial charge < -0.3 is 9.88 Å². The summed E-state index contributed by atoms with van der Waals surface area (Å²) in [6.07, 6.45) is 1.89. The maximum atomic E-state index is 12.1. The molecule has 0 unspecified atom stereocenters. The van der Waals surface area contributed by atoms with Gasteiger partial charge in [-0.15, -0.1) is 10.2 Å². The molecule has 0 radical (unpaired) electrons. The molecule has 0 saturated heterocycles. The van der Waals surface area contributed by atoms with E-state index < -0.39 is 0 Å².